The molecule has 0 saturated carbocycles. The lowest BCUT2D eigenvalue weighted by atomic mass is 10.2. The third-order valence-corrected chi connectivity index (χ3v) is 2.06. The molecule has 0 spiro atoms. The molecule has 0 amide bonds. The lowest BCUT2D eigenvalue weighted by Gasteiger charge is -2.07. The summed E-state index contributed by atoms with van der Waals surface area (Å²) in [4.78, 5) is 4.27. The van der Waals surface area contributed by atoms with Crippen molar-refractivity contribution in [2.75, 3.05) is 6.61 Å². The molecule has 2 N–H and O–H groups in total. The van der Waals surface area contributed by atoms with Gasteiger partial charge in [0.15, 0.2) is 0 Å². The third kappa shape index (κ3) is 4.81. The summed E-state index contributed by atoms with van der Waals surface area (Å²) in [6.07, 6.45) is 9.28. The van der Waals surface area contributed by atoms with Gasteiger partial charge in [0.2, 0.25) is 0 Å². The Labute approximate surface area is 97.0 Å². The van der Waals surface area contributed by atoms with Crippen molar-refractivity contribution in [1.29, 1.82) is 0 Å². The number of terminal acetylenes is 1. The Balaban J connectivity index is 2.37. The van der Waals surface area contributed by atoms with Crippen LogP contribution < -0.4 is 10.5 Å². The Morgan fingerprint density at radius 2 is 2.38 bits per heavy atom. The van der Waals surface area contributed by atoms with Gasteiger partial charge in [0.25, 0.3) is 0 Å². The molecule has 1 aromatic rings. The summed E-state index contributed by atoms with van der Waals surface area (Å²) in [5.41, 5.74) is 6.68. The molecule has 1 aromatic heterocycles. The highest BCUT2D eigenvalue weighted by molar-refractivity contribution is 5.20. The van der Waals surface area contributed by atoms with Crippen molar-refractivity contribution in [3.05, 3.63) is 24.0 Å². The number of rotatable bonds is 6. The molecule has 16 heavy (non-hydrogen) atoms. The maximum Gasteiger partial charge on any atom is 0.137 e. The summed E-state index contributed by atoms with van der Waals surface area (Å²) in [6.45, 7) is 2.60. The summed E-state index contributed by atoms with van der Waals surface area (Å²) in [5, 5.41) is 0. The van der Waals surface area contributed by atoms with Crippen LogP contribution in [0, 0.1) is 12.3 Å². The van der Waals surface area contributed by atoms with E-state index in [1.54, 1.807) is 6.20 Å². The van der Waals surface area contributed by atoms with Gasteiger partial charge in [0.1, 0.15) is 5.75 Å². The van der Waals surface area contributed by atoms with E-state index in [2.05, 4.69) is 10.9 Å². The predicted molar refractivity (Wildman–Crippen MR) is 65.2 cm³/mol. The van der Waals surface area contributed by atoms with Gasteiger partial charge < -0.3 is 10.5 Å². The van der Waals surface area contributed by atoms with Crippen molar-refractivity contribution in [1.82, 2.24) is 4.98 Å². The number of nitrogens with two attached hydrogens (primary N) is 1. The molecule has 3 nitrogen and oxygen atoms in total. The molecule has 0 aliphatic rings. The van der Waals surface area contributed by atoms with Crippen LogP contribution >= 0.6 is 0 Å². The van der Waals surface area contributed by atoms with Crippen molar-refractivity contribution >= 4 is 0 Å². The first-order valence-corrected chi connectivity index (χ1v) is 5.49. The van der Waals surface area contributed by atoms with Gasteiger partial charge in [-0.05, 0) is 25.5 Å². The van der Waals surface area contributed by atoms with E-state index in [9.17, 15) is 0 Å². The van der Waals surface area contributed by atoms with E-state index in [0.29, 0.717) is 6.61 Å². The van der Waals surface area contributed by atoms with Crippen LogP contribution in [0.5, 0.6) is 5.75 Å². The molecule has 0 saturated heterocycles. The van der Waals surface area contributed by atoms with Crippen LogP contribution in [0.25, 0.3) is 0 Å². The monoisotopic (exact) mass is 218 g/mol. The quantitative estimate of drug-likeness (QED) is 0.584. The van der Waals surface area contributed by atoms with E-state index < -0.39 is 0 Å². The van der Waals surface area contributed by atoms with Crippen LogP contribution in [0.2, 0.25) is 0 Å². The smallest absolute Gasteiger partial charge is 0.137 e. The number of nitrogens with zero attached hydrogens (tertiary/aromatic N) is 1. The van der Waals surface area contributed by atoms with E-state index in [4.69, 9.17) is 16.9 Å². The molecular formula is C13H18N2O. The van der Waals surface area contributed by atoms with Crippen LogP contribution in [-0.4, -0.2) is 17.6 Å². The second kappa shape index (κ2) is 6.86. The fraction of sp³-hybridized carbons (Fsp3) is 0.462. The van der Waals surface area contributed by atoms with Crippen molar-refractivity contribution < 1.29 is 4.74 Å². The number of unbranched alkanes of at least 4 members (excludes halogenated alkanes) is 1. The number of hydrogen-bond acceptors (Lipinski definition) is 3. The lowest BCUT2D eigenvalue weighted by Crippen LogP contribution is -2.18. The normalized spacial score (nSPS) is 11.8. The summed E-state index contributed by atoms with van der Waals surface area (Å²) in [6, 6.07) is 4.00. The number of pyridine rings is 1. The standard InChI is InChI=1S/C13H18N2O/c1-3-4-5-8-16-13-7-6-12(15-10-13)9-11(2)14/h1,6-7,10-11H,4-5,8-9,14H2,2H3. The largest absolute Gasteiger partial charge is 0.492 e. The third-order valence-electron chi connectivity index (χ3n) is 2.06. The summed E-state index contributed by atoms with van der Waals surface area (Å²) < 4.78 is 5.48. The van der Waals surface area contributed by atoms with Crippen LogP contribution in [0.4, 0.5) is 0 Å². The van der Waals surface area contributed by atoms with Gasteiger partial charge in [0.05, 0.1) is 12.8 Å². The predicted octanol–water partition coefficient (Wildman–Crippen LogP) is 1.76. The number of hydrogen-bond donors (Lipinski definition) is 1. The molecule has 1 heterocycles. The van der Waals surface area contributed by atoms with Crippen molar-refractivity contribution in [2.45, 2.75) is 32.2 Å². The zero-order chi connectivity index (χ0) is 11.8. The molecule has 0 aliphatic heterocycles. The van der Waals surface area contributed by atoms with Crippen molar-refractivity contribution in [3.8, 4) is 18.1 Å². The number of aromatic nitrogens is 1. The minimum absolute atomic E-state index is 0.134. The Morgan fingerprint density at radius 1 is 1.56 bits per heavy atom. The SMILES string of the molecule is C#CCCCOc1ccc(CC(C)N)nc1. The molecule has 3 heteroatoms. The second-order valence-corrected chi connectivity index (χ2v) is 3.82. The second-order valence-electron chi connectivity index (χ2n) is 3.82. The van der Waals surface area contributed by atoms with Crippen LogP contribution in [-0.2, 0) is 6.42 Å². The van der Waals surface area contributed by atoms with Crippen molar-refractivity contribution in [2.24, 2.45) is 5.73 Å². The van der Waals surface area contributed by atoms with E-state index in [-0.39, 0.29) is 6.04 Å². The van der Waals surface area contributed by atoms with Gasteiger partial charge in [-0.1, -0.05) is 0 Å². The zero-order valence-corrected chi connectivity index (χ0v) is 9.65. The minimum atomic E-state index is 0.134. The Hall–Kier alpha value is -1.53. The maximum absolute atomic E-state index is 5.69. The van der Waals surface area contributed by atoms with Gasteiger partial charge in [-0.3, -0.25) is 4.98 Å². The van der Waals surface area contributed by atoms with Gasteiger partial charge in [-0.25, -0.2) is 0 Å². The van der Waals surface area contributed by atoms with Crippen LogP contribution in [0.15, 0.2) is 18.3 Å². The maximum atomic E-state index is 5.69. The highest BCUT2D eigenvalue weighted by Crippen LogP contribution is 2.10. The highest BCUT2D eigenvalue weighted by Gasteiger charge is 2.00. The fourth-order valence-corrected chi connectivity index (χ4v) is 1.31. The topological polar surface area (TPSA) is 48.1 Å². The van der Waals surface area contributed by atoms with Crippen LogP contribution in [0.3, 0.4) is 0 Å². The summed E-state index contributed by atoms with van der Waals surface area (Å²) in [7, 11) is 0. The molecule has 0 bridgehead atoms. The molecular weight excluding hydrogens is 200 g/mol. The van der Waals surface area contributed by atoms with Gasteiger partial charge in [-0.2, -0.15) is 0 Å². The van der Waals surface area contributed by atoms with E-state index >= 15 is 0 Å². The first-order chi connectivity index (χ1) is 7.72. The van der Waals surface area contributed by atoms with Gasteiger partial charge in [0, 0.05) is 24.6 Å². The lowest BCUT2D eigenvalue weighted by molar-refractivity contribution is 0.311. The Bertz CT molecular complexity index is 338. The average Bonchev–Trinajstić information content (AvgIpc) is 2.26. The molecule has 0 aromatic carbocycles. The first kappa shape index (κ1) is 12.5. The molecule has 1 unspecified atom stereocenters. The Kier molecular flexibility index (Phi) is 5.38. The van der Waals surface area contributed by atoms with Gasteiger partial charge in [-0.15, -0.1) is 12.3 Å². The summed E-state index contributed by atoms with van der Waals surface area (Å²) in [5.74, 6) is 3.36. The molecule has 0 aliphatic carbocycles. The van der Waals surface area contributed by atoms with Crippen molar-refractivity contribution in [3.63, 3.8) is 0 Å². The molecule has 0 radical (unpaired) electrons. The van der Waals surface area contributed by atoms with E-state index in [0.717, 1.165) is 30.7 Å². The van der Waals surface area contributed by atoms with Crippen LogP contribution in [0.1, 0.15) is 25.5 Å². The summed E-state index contributed by atoms with van der Waals surface area (Å²) >= 11 is 0. The fourth-order valence-electron chi connectivity index (χ4n) is 1.31. The molecule has 86 valence electrons. The first-order valence-electron chi connectivity index (χ1n) is 5.49. The highest BCUT2D eigenvalue weighted by atomic mass is 16.5. The Morgan fingerprint density at radius 3 is 2.94 bits per heavy atom. The zero-order valence-electron chi connectivity index (χ0n) is 9.65. The molecule has 0 fully saturated rings. The molecule has 1 rings (SSSR count). The average molecular weight is 218 g/mol. The van der Waals surface area contributed by atoms with E-state index in [1.165, 1.54) is 0 Å². The number of ether oxygens (including phenoxy) is 1. The minimum Gasteiger partial charge on any atom is -0.492 e. The molecule has 1 atom stereocenters. The van der Waals surface area contributed by atoms with E-state index in [1.807, 2.05) is 19.1 Å². The van der Waals surface area contributed by atoms with Gasteiger partial charge >= 0.3 is 0 Å².